The molecule has 0 saturated heterocycles. The molecule has 1 unspecified atom stereocenters. The molecule has 0 amide bonds. The zero-order valence-electron chi connectivity index (χ0n) is 12.2. The zero-order valence-corrected chi connectivity index (χ0v) is 12.2. The van der Waals surface area contributed by atoms with Gasteiger partial charge in [-0.3, -0.25) is 0 Å². The Morgan fingerprint density at radius 1 is 1.29 bits per heavy atom. The van der Waals surface area contributed by atoms with E-state index in [4.69, 9.17) is 10.00 Å². The molecule has 1 aromatic carbocycles. The van der Waals surface area contributed by atoms with Gasteiger partial charge in [0, 0.05) is 12.4 Å². The SMILES string of the molecule is CCC(CNc1nccnc1C#N)Oc1ccccc1C. The smallest absolute Gasteiger partial charge is 0.182 e. The fraction of sp³-hybridized carbons (Fsp3) is 0.312. The van der Waals surface area contributed by atoms with Crippen molar-refractivity contribution in [2.24, 2.45) is 0 Å². The number of benzene rings is 1. The Morgan fingerprint density at radius 3 is 2.76 bits per heavy atom. The third kappa shape index (κ3) is 3.93. The Labute approximate surface area is 124 Å². The predicted octanol–water partition coefficient (Wildman–Crippen LogP) is 2.93. The average molecular weight is 282 g/mol. The molecule has 0 aliphatic carbocycles. The molecule has 5 nitrogen and oxygen atoms in total. The molecule has 1 N–H and O–H groups in total. The first-order valence-electron chi connectivity index (χ1n) is 6.91. The van der Waals surface area contributed by atoms with Crippen LogP contribution in [0.3, 0.4) is 0 Å². The molecular weight excluding hydrogens is 264 g/mol. The van der Waals surface area contributed by atoms with E-state index in [2.05, 4.69) is 22.2 Å². The highest BCUT2D eigenvalue weighted by atomic mass is 16.5. The zero-order chi connectivity index (χ0) is 15.1. The van der Waals surface area contributed by atoms with Crippen LogP contribution < -0.4 is 10.1 Å². The van der Waals surface area contributed by atoms with E-state index in [-0.39, 0.29) is 6.10 Å². The molecular formula is C16H18N4O. The van der Waals surface area contributed by atoms with E-state index in [9.17, 15) is 0 Å². The van der Waals surface area contributed by atoms with Crippen LogP contribution in [0.5, 0.6) is 5.75 Å². The quantitative estimate of drug-likeness (QED) is 0.882. The minimum absolute atomic E-state index is 0.000325. The first kappa shape index (κ1) is 14.8. The number of rotatable bonds is 6. The number of aromatic nitrogens is 2. The lowest BCUT2D eigenvalue weighted by atomic mass is 10.2. The van der Waals surface area contributed by atoms with Crippen LogP contribution in [0.1, 0.15) is 24.6 Å². The second-order valence-corrected chi connectivity index (χ2v) is 4.66. The lowest BCUT2D eigenvalue weighted by molar-refractivity contribution is 0.208. The highest BCUT2D eigenvalue weighted by Gasteiger charge is 2.11. The van der Waals surface area contributed by atoms with Gasteiger partial charge < -0.3 is 10.1 Å². The largest absolute Gasteiger partial charge is 0.488 e. The summed E-state index contributed by atoms with van der Waals surface area (Å²) in [5.74, 6) is 1.37. The molecule has 0 bridgehead atoms. The van der Waals surface area contributed by atoms with E-state index in [1.54, 1.807) is 6.20 Å². The summed E-state index contributed by atoms with van der Waals surface area (Å²) in [6.07, 6.45) is 3.92. The number of nitrogens with zero attached hydrogens (tertiary/aromatic N) is 3. The van der Waals surface area contributed by atoms with Gasteiger partial charge >= 0.3 is 0 Å². The van der Waals surface area contributed by atoms with E-state index < -0.39 is 0 Å². The maximum atomic E-state index is 8.99. The number of para-hydroxylation sites is 1. The van der Waals surface area contributed by atoms with Crippen molar-refractivity contribution in [1.29, 1.82) is 5.26 Å². The molecule has 2 aromatic rings. The molecule has 0 saturated carbocycles. The van der Waals surface area contributed by atoms with Crippen molar-refractivity contribution >= 4 is 5.82 Å². The van der Waals surface area contributed by atoms with Crippen LogP contribution in [0.25, 0.3) is 0 Å². The summed E-state index contributed by atoms with van der Waals surface area (Å²) < 4.78 is 6.00. The van der Waals surface area contributed by atoms with Crippen LogP contribution in [-0.4, -0.2) is 22.6 Å². The molecule has 1 atom stereocenters. The number of nitrogens with one attached hydrogen (secondary N) is 1. The lowest BCUT2D eigenvalue weighted by Crippen LogP contribution is -2.26. The van der Waals surface area contributed by atoms with Crippen molar-refractivity contribution in [2.45, 2.75) is 26.4 Å². The molecule has 0 aliphatic rings. The van der Waals surface area contributed by atoms with E-state index in [0.717, 1.165) is 17.7 Å². The lowest BCUT2D eigenvalue weighted by Gasteiger charge is -2.19. The molecule has 108 valence electrons. The van der Waals surface area contributed by atoms with Gasteiger partial charge in [0.15, 0.2) is 11.5 Å². The summed E-state index contributed by atoms with van der Waals surface area (Å²) in [5, 5.41) is 12.1. The summed E-state index contributed by atoms with van der Waals surface area (Å²) in [4.78, 5) is 8.10. The van der Waals surface area contributed by atoms with Gasteiger partial charge in [0.05, 0.1) is 6.54 Å². The molecule has 21 heavy (non-hydrogen) atoms. The van der Waals surface area contributed by atoms with Crippen molar-refractivity contribution in [3.05, 3.63) is 47.9 Å². The first-order chi connectivity index (χ1) is 10.2. The van der Waals surface area contributed by atoms with E-state index in [1.807, 2.05) is 37.3 Å². The molecule has 0 spiro atoms. The Morgan fingerprint density at radius 2 is 2.05 bits per heavy atom. The molecule has 0 fully saturated rings. The van der Waals surface area contributed by atoms with E-state index in [0.29, 0.717) is 18.1 Å². The summed E-state index contributed by atoms with van der Waals surface area (Å²) in [7, 11) is 0. The fourth-order valence-electron chi connectivity index (χ4n) is 1.90. The van der Waals surface area contributed by atoms with Crippen LogP contribution in [-0.2, 0) is 0 Å². The summed E-state index contributed by atoms with van der Waals surface area (Å²) >= 11 is 0. The predicted molar refractivity (Wildman–Crippen MR) is 81.1 cm³/mol. The van der Waals surface area contributed by atoms with Gasteiger partial charge in [-0.1, -0.05) is 25.1 Å². The molecule has 0 radical (unpaired) electrons. The molecule has 0 aliphatic heterocycles. The molecule has 5 heteroatoms. The second-order valence-electron chi connectivity index (χ2n) is 4.66. The molecule has 1 aromatic heterocycles. The molecule has 2 rings (SSSR count). The fourth-order valence-corrected chi connectivity index (χ4v) is 1.90. The van der Waals surface area contributed by atoms with Crippen molar-refractivity contribution in [2.75, 3.05) is 11.9 Å². The first-order valence-corrected chi connectivity index (χ1v) is 6.91. The number of ether oxygens (including phenoxy) is 1. The van der Waals surface area contributed by atoms with Crippen LogP contribution in [0.15, 0.2) is 36.7 Å². The van der Waals surface area contributed by atoms with Crippen molar-refractivity contribution in [3.8, 4) is 11.8 Å². The van der Waals surface area contributed by atoms with Gasteiger partial charge in [-0.15, -0.1) is 0 Å². The van der Waals surface area contributed by atoms with Gasteiger partial charge in [0.25, 0.3) is 0 Å². The van der Waals surface area contributed by atoms with Gasteiger partial charge in [-0.25, -0.2) is 9.97 Å². The van der Waals surface area contributed by atoms with Gasteiger partial charge in [0.2, 0.25) is 0 Å². The normalized spacial score (nSPS) is 11.5. The Bertz CT molecular complexity index is 636. The maximum absolute atomic E-state index is 8.99. The third-order valence-electron chi connectivity index (χ3n) is 3.14. The van der Waals surface area contributed by atoms with Crippen LogP contribution in [0.2, 0.25) is 0 Å². The molecule has 1 heterocycles. The van der Waals surface area contributed by atoms with E-state index in [1.165, 1.54) is 6.20 Å². The van der Waals surface area contributed by atoms with Crippen LogP contribution in [0, 0.1) is 18.3 Å². The number of hydrogen-bond acceptors (Lipinski definition) is 5. The Balaban J connectivity index is 2.00. The maximum Gasteiger partial charge on any atom is 0.182 e. The van der Waals surface area contributed by atoms with Gasteiger partial charge in [-0.2, -0.15) is 5.26 Å². The summed E-state index contributed by atoms with van der Waals surface area (Å²) in [5.41, 5.74) is 1.40. The second kappa shape index (κ2) is 7.25. The standard InChI is InChI=1S/C16H18N4O/c1-3-13(21-15-7-5-4-6-12(15)2)11-20-16-14(10-17)18-8-9-19-16/h4-9,13H,3,11H2,1-2H3,(H,19,20). The number of aryl methyl sites for hydroxylation is 1. The van der Waals surface area contributed by atoms with Gasteiger partial charge in [-0.05, 0) is 25.0 Å². The number of nitriles is 1. The monoisotopic (exact) mass is 282 g/mol. The van der Waals surface area contributed by atoms with Crippen LogP contribution in [0.4, 0.5) is 5.82 Å². The van der Waals surface area contributed by atoms with Crippen LogP contribution >= 0.6 is 0 Å². The summed E-state index contributed by atoms with van der Waals surface area (Å²) in [6, 6.07) is 9.94. The number of hydrogen-bond donors (Lipinski definition) is 1. The van der Waals surface area contributed by atoms with Crippen molar-refractivity contribution in [1.82, 2.24) is 9.97 Å². The average Bonchev–Trinajstić information content (AvgIpc) is 2.53. The number of anilines is 1. The minimum atomic E-state index is -0.000325. The van der Waals surface area contributed by atoms with E-state index >= 15 is 0 Å². The Hall–Kier alpha value is -2.61. The third-order valence-corrected chi connectivity index (χ3v) is 3.14. The van der Waals surface area contributed by atoms with Gasteiger partial charge in [0.1, 0.15) is 17.9 Å². The summed E-state index contributed by atoms with van der Waals surface area (Å²) in [6.45, 7) is 4.65. The highest BCUT2D eigenvalue weighted by molar-refractivity contribution is 5.46. The highest BCUT2D eigenvalue weighted by Crippen LogP contribution is 2.19. The minimum Gasteiger partial charge on any atom is -0.488 e. The topological polar surface area (TPSA) is 70.8 Å². The van der Waals surface area contributed by atoms with Crippen molar-refractivity contribution in [3.63, 3.8) is 0 Å². The Kier molecular flexibility index (Phi) is 5.10. The van der Waals surface area contributed by atoms with Crippen molar-refractivity contribution < 1.29 is 4.74 Å².